The zero-order valence-electron chi connectivity index (χ0n) is 11.2. The topological polar surface area (TPSA) is 52.5 Å². The normalized spacial score (nSPS) is 17.9. The molecule has 0 aliphatic carbocycles. The van der Waals surface area contributed by atoms with Gasteiger partial charge in [-0.05, 0) is 19.4 Å². The molecule has 5 heteroatoms. The first-order valence-electron chi connectivity index (χ1n) is 6.61. The maximum Gasteiger partial charge on any atom is 0.147 e. The van der Waals surface area contributed by atoms with Gasteiger partial charge in [-0.2, -0.15) is 0 Å². The minimum absolute atomic E-state index is 0.0497. The number of aliphatic hydroxyl groups is 1. The van der Waals surface area contributed by atoms with Gasteiger partial charge in [-0.3, -0.25) is 4.98 Å². The van der Waals surface area contributed by atoms with Gasteiger partial charge in [0.1, 0.15) is 5.82 Å². The summed E-state index contributed by atoms with van der Waals surface area (Å²) in [6.45, 7) is 5.62. The van der Waals surface area contributed by atoms with E-state index in [0.29, 0.717) is 11.7 Å². The number of rotatable bonds is 4. The molecule has 0 aromatic carbocycles. The highest BCUT2D eigenvalue weighted by Gasteiger charge is 2.22. The van der Waals surface area contributed by atoms with E-state index in [1.807, 2.05) is 0 Å². The molecule has 1 aromatic heterocycles. The van der Waals surface area contributed by atoms with Crippen LogP contribution in [0, 0.1) is 0 Å². The van der Waals surface area contributed by atoms with Crippen LogP contribution < -0.4 is 4.90 Å². The van der Waals surface area contributed by atoms with Crippen molar-refractivity contribution in [2.75, 3.05) is 31.6 Å². The summed E-state index contributed by atoms with van der Waals surface area (Å²) in [4.78, 5) is 13.2. The molecule has 2 rings (SSSR count). The average molecular weight is 250 g/mol. The first-order valence-corrected chi connectivity index (χ1v) is 6.61. The van der Waals surface area contributed by atoms with E-state index in [0.717, 1.165) is 25.5 Å². The fourth-order valence-corrected chi connectivity index (χ4v) is 2.42. The van der Waals surface area contributed by atoms with Crippen LogP contribution in [0.1, 0.15) is 25.5 Å². The lowest BCUT2D eigenvalue weighted by molar-refractivity contribution is 0.220. The zero-order chi connectivity index (χ0) is 13.0. The Morgan fingerprint density at radius 3 is 2.56 bits per heavy atom. The van der Waals surface area contributed by atoms with E-state index < -0.39 is 0 Å². The molecule has 1 fully saturated rings. The molecule has 2 heterocycles. The molecule has 5 nitrogen and oxygen atoms in total. The lowest BCUT2D eigenvalue weighted by atomic mass is 10.0. The number of nitrogens with zero attached hydrogens (tertiary/aromatic N) is 4. The summed E-state index contributed by atoms with van der Waals surface area (Å²) in [5.41, 5.74) is 0.618. The highest BCUT2D eigenvalue weighted by Crippen LogP contribution is 2.19. The van der Waals surface area contributed by atoms with Gasteiger partial charge in [-0.25, -0.2) is 4.98 Å². The Kier molecular flexibility index (Phi) is 4.49. The van der Waals surface area contributed by atoms with Gasteiger partial charge in [0, 0.05) is 26.2 Å². The SMILES string of the molecule is CCN1CCC(N(C)c2cnc(CO)cn2)CC1. The molecule has 1 N–H and O–H groups in total. The Balaban J connectivity index is 1.96. The number of anilines is 1. The molecular weight excluding hydrogens is 228 g/mol. The molecule has 0 atom stereocenters. The molecule has 0 saturated carbocycles. The summed E-state index contributed by atoms with van der Waals surface area (Å²) < 4.78 is 0. The van der Waals surface area contributed by atoms with Crippen LogP contribution in [0.4, 0.5) is 5.82 Å². The van der Waals surface area contributed by atoms with E-state index in [4.69, 9.17) is 5.11 Å². The van der Waals surface area contributed by atoms with Crippen molar-refractivity contribution in [3.05, 3.63) is 18.1 Å². The average Bonchev–Trinajstić information content (AvgIpc) is 2.47. The van der Waals surface area contributed by atoms with Crippen molar-refractivity contribution in [2.24, 2.45) is 0 Å². The summed E-state index contributed by atoms with van der Waals surface area (Å²) in [5, 5.41) is 8.95. The predicted molar refractivity (Wildman–Crippen MR) is 71.5 cm³/mol. The smallest absolute Gasteiger partial charge is 0.147 e. The van der Waals surface area contributed by atoms with Gasteiger partial charge in [0.2, 0.25) is 0 Å². The van der Waals surface area contributed by atoms with Crippen LogP contribution in [0.15, 0.2) is 12.4 Å². The third-order valence-corrected chi connectivity index (χ3v) is 3.77. The highest BCUT2D eigenvalue weighted by atomic mass is 16.3. The summed E-state index contributed by atoms with van der Waals surface area (Å²) in [6.07, 6.45) is 5.74. The summed E-state index contributed by atoms with van der Waals surface area (Å²) in [7, 11) is 2.08. The maximum atomic E-state index is 8.95. The molecule has 1 aliphatic heterocycles. The van der Waals surface area contributed by atoms with Gasteiger partial charge >= 0.3 is 0 Å². The highest BCUT2D eigenvalue weighted by molar-refractivity contribution is 5.36. The number of aliphatic hydroxyl groups excluding tert-OH is 1. The van der Waals surface area contributed by atoms with Gasteiger partial charge in [0.15, 0.2) is 0 Å². The Hall–Kier alpha value is -1.20. The quantitative estimate of drug-likeness (QED) is 0.860. The Labute approximate surface area is 108 Å². The molecule has 100 valence electrons. The van der Waals surface area contributed by atoms with Gasteiger partial charge in [0.25, 0.3) is 0 Å². The van der Waals surface area contributed by atoms with Crippen LogP contribution >= 0.6 is 0 Å². The molecule has 1 saturated heterocycles. The fourth-order valence-electron chi connectivity index (χ4n) is 2.42. The van der Waals surface area contributed by atoms with Crippen LogP contribution in [-0.4, -0.2) is 52.7 Å². The summed E-state index contributed by atoms with van der Waals surface area (Å²) in [6, 6.07) is 0.544. The molecular formula is C13H22N4O. The largest absolute Gasteiger partial charge is 0.390 e. The Morgan fingerprint density at radius 2 is 2.06 bits per heavy atom. The molecule has 0 unspecified atom stereocenters. The van der Waals surface area contributed by atoms with Crippen LogP contribution in [0.25, 0.3) is 0 Å². The third-order valence-electron chi connectivity index (χ3n) is 3.77. The minimum Gasteiger partial charge on any atom is -0.390 e. The van der Waals surface area contributed by atoms with E-state index >= 15 is 0 Å². The fraction of sp³-hybridized carbons (Fsp3) is 0.692. The minimum atomic E-state index is -0.0497. The zero-order valence-corrected chi connectivity index (χ0v) is 11.2. The van der Waals surface area contributed by atoms with E-state index in [1.54, 1.807) is 12.4 Å². The number of hydrogen-bond acceptors (Lipinski definition) is 5. The van der Waals surface area contributed by atoms with Crippen LogP contribution in [0.3, 0.4) is 0 Å². The molecule has 0 radical (unpaired) electrons. The van der Waals surface area contributed by atoms with Crippen molar-refractivity contribution >= 4 is 5.82 Å². The van der Waals surface area contributed by atoms with Crippen LogP contribution in [0.2, 0.25) is 0 Å². The van der Waals surface area contributed by atoms with Gasteiger partial charge < -0.3 is 14.9 Å². The van der Waals surface area contributed by atoms with E-state index in [9.17, 15) is 0 Å². The number of piperidine rings is 1. The van der Waals surface area contributed by atoms with Gasteiger partial charge in [-0.15, -0.1) is 0 Å². The first kappa shape index (κ1) is 13.2. The standard InChI is InChI=1S/C13H22N4O/c1-3-17-6-4-12(5-7-17)16(2)13-9-14-11(10-18)8-15-13/h8-9,12,18H,3-7,10H2,1-2H3. The molecule has 18 heavy (non-hydrogen) atoms. The number of aromatic nitrogens is 2. The van der Waals surface area contributed by atoms with E-state index in [-0.39, 0.29) is 6.61 Å². The summed E-state index contributed by atoms with van der Waals surface area (Å²) in [5.74, 6) is 0.891. The predicted octanol–water partition coefficient (Wildman–Crippen LogP) is 0.889. The van der Waals surface area contributed by atoms with E-state index in [2.05, 4.69) is 33.7 Å². The summed E-state index contributed by atoms with van der Waals surface area (Å²) >= 11 is 0. The van der Waals surface area contributed by atoms with Crippen molar-refractivity contribution in [2.45, 2.75) is 32.4 Å². The van der Waals surface area contributed by atoms with E-state index in [1.165, 1.54) is 12.8 Å². The van der Waals surface area contributed by atoms with Crippen molar-refractivity contribution in [1.82, 2.24) is 14.9 Å². The van der Waals surface area contributed by atoms with Crippen molar-refractivity contribution < 1.29 is 5.11 Å². The Bertz CT molecular complexity index is 360. The molecule has 0 bridgehead atoms. The lowest BCUT2D eigenvalue weighted by Crippen LogP contribution is -2.43. The monoisotopic (exact) mass is 250 g/mol. The van der Waals surface area contributed by atoms with Crippen molar-refractivity contribution in [1.29, 1.82) is 0 Å². The number of likely N-dealkylation sites (tertiary alicyclic amines) is 1. The van der Waals surface area contributed by atoms with Gasteiger partial charge in [-0.1, -0.05) is 6.92 Å². The molecule has 1 aromatic rings. The van der Waals surface area contributed by atoms with Crippen molar-refractivity contribution in [3.63, 3.8) is 0 Å². The Morgan fingerprint density at radius 1 is 1.33 bits per heavy atom. The third kappa shape index (κ3) is 2.97. The second-order valence-electron chi connectivity index (χ2n) is 4.80. The van der Waals surface area contributed by atoms with Crippen molar-refractivity contribution in [3.8, 4) is 0 Å². The van der Waals surface area contributed by atoms with Crippen LogP contribution in [-0.2, 0) is 6.61 Å². The molecule has 0 spiro atoms. The molecule has 1 aliphatic rings. The van der Waals surface area contributed by atoms with Crippen LogP contribution in [0.5, 0.6) is 0 Å². The second-order valence-corrected chi connectivity index (χ2v) is 4.80. The maximum absolute atomic E-state index is 8.95. The molecule has 0 amide bonds. The number of hydrogen-bond donors (Lipinski definition) is 1. The first-order chi connectivity index (χ1) is 8.74. The lowest BCUT2D eigenvalue weighted by Gasteiger charge is -2.36. The van der Waals surface area contributed by atoms with Gasteiger partial charge in [0.05, 0.1) is 24.7 Å². The second kappa shape index (κ2) is 6.11.